The average molecular weight is 504 g/mol. The zero-order chi connectivity index (χ0) is 24.5. The lowest BCUT2D eigenvalue weighted by Crippen LogP contribution is -2.29. The molecule has 174 valence electrons. The van der Waals surface area contributed by atoms with Crippen LogP contribution in [0.15, 0.2) is 28.7 Å². The van der Waals surface area contributed by atoms with Crippen molar-refractivity contribution in [1.29, 1.82) is 0 Å². The number of aromatic amines is 1. The minimum absolute atomic E-state index is 0.0134. The van der Waals surface area contributed by atoms with Crippen molar-refractivity contribution in [3.8, 4) is 5.75 Å². The Morgan fingerprint density at radius 3 is 2.71 bits per heavy atom. The third-order valence-electron chi connectivity index (χ3n) is 5.98. The number of nitro benzene ring substituents is 1. The van der Waals surface area contributed by atoms with Gasteiger partial charge in [-0.2, -0.15) is 0 Å². The maximum absolute atomic E-state index is 13.5. The molecular formula is C22H15Cl2N3O7. The molecule has 2 aromatic carbocycles. The number of phenolic OH excluding ortho intramolecular Hbond substituents is 1. The van der Waals surface area contributed by atoms with Crippen LogP contribution >= 0.6 is 23.2 Å². The summed E-state index contributed by atoms with van der Waals surface area (Å²) < 4.78 is 5.57. The van der Waals surface area contributed by atoms with Gasteiger partial charge in [0.1, 0.15) is 5.75 Å². The number of carbonyl (C=O) groups excluding carboxylic acids is 1. The Kier molecular flexibility index (Phi) is 4.96. The van der Waals surface area contributed by atoms with Crippen molar-refractivity contribution in [1.82, 2.24) is 4.98 Å². The third kappa shape index (κ3) is 3.10. The molecule has 1 atom stereocenters. The van der Waals surface area contributed by atoms with Crippen molar-refractivity contribution in [2.75, 3.05) is 17.3 Å². The minimum Gasteiger partial charge on any atom is -0.506 e. The van der Waals surface area contributed by atoms with E-state index in [9.17, 15) is 29.9 Å². The number of carboxylic acids is 1. The van der Waals surface area contributed by atoms with Crippen molar-refractivity contribution in [2.45, 2.75) is 12.8 Å². The number of hydrogen-bond acceptors (Lipinski definition) is 6. The maximum atomic E-state index is 13.5. The first-order valence-corrected chi connectivity index (χ1v) is 10.9. The summed E-state index contributed by atoms with van der Waals surface area (Å²) >= 11 is 12.2. The van der Waals surface area contributed by atoms with Gasteiger partial charge >= 0.3 is 11.7 Å². The molecule has 0 spiro atoms. The number of aromatic nitrogens is 1. The number of amides is 1. The highest BCUT2D eigenvalue weighted by Crippen LogP contribution is 2.47. The van der Waals surface area contributed by atoms with Crippen molar-refractivity contribution in [3.05, 3.63) is 62.0 Å². The molecule has 3 heterocycles. The number of aromatic hydroxyl groups is 1. The van der Waals surface area contributed by atoms with E-state index in [-0.39, 0.29) is 67.8 Å². The van der Waals surface area contributed by atoms with Crippen LogP contribution in [0.2, 0.25) is 5.02 Å². The monoisotopic (exact) mass is 503 g/mol. The van der Waals surface area contributed by atoms with E-state index in [1.807, 2.05) is 0 Å². The number of aryl methyl sites for hydroxylation is 1. The van der Waals surface area contributed by atoms with Crippen LogP contribution in [0.25, 0.3) is 21.9 Å². The number of halogens is 2. The van der Waals surface area contributed by atoms with E-state index in [2.05, 4.69) is 4.98 Å². The lowest BCUT2D eigenvalue weighted by atomic mass is 9.95. The summed E-state index contributed by atoms with van der Waals surface area (Å²) in [6.07, 6.45) is 0. The lowest BCUT2D eigenvalue weighted by molar-refractivity contribution is -0.383. The van der Waals surface area contributed by atoms with Crippen molar-refractivity contribution in [3.63, 3.8) is 0 Å². The van der Waals surface area contributed by atoms with E-state index >= 15 is 0 Å². The molecule has 1 amide bonds. The number of carboxylic acid groups (broad SMARTS) is 1. The van der Waals surface area contributed by atoms with Crippen LogP contribution in [0.4, 0.5) is 11.4 Å². The predicted molar refractivity (Wildman–Crippen MR) is 125 cm³/mol. The van der Waals surface area contributed by atoms with Gasteiger partial charge in [-0.3, -0.25) is 14.9 Å². The standard InChI is InChI=1S/C22H15Cl2N3O7/c1-8-16(22(30)31)18-17-10(6-23)7-26(12(17)5-14(28)19(18)25-8)21(29)15-3-9-2-11(24)4-13(27(32)33)20(9)34-15/h2-5,10,25,28H,6-7H2,1H3,(H,30,31)/t10-/m1/s1. The number of nitrogens with zero attached hydrogens (tertiary/aromatic N) is 2. The number of H-pyrrole nitrogens is 1. The summed E-state index contributed by atoms with van der Waals surface area (Å²) in [6, 6.07) is 5.30. The number of carbonyl (C=O) groups is 2. The molecule has 4 aromatic rings. The predicted octanol–water partition coefficient (Wildman–Crippen LogP) is 5.17. The molecule has 10 nitrogen and oxygen atoms in total. The van der Waals surface area contributed by atoms with Crippen LogP contribution < -0.4 is 4.90 Å². The molecule has 0 fully saturated rings. The smallest absolute Gasteiger partial charge is 0.338 e. The van der Waals surface area contributed by atoms with Gasteiger partial charge in [-0.25, -0.2) is 4.79 Å². The van der Waals surface area contributed by atoms with Crippen LogP contribution in [0.3, 0.4) is 0 Å². The van der Waals surface area contributed by atoms with Crippen molar-refractivity contribution in [2.24, 2.45) is 0 Å². The fraction of sp³-hybridized carbons (Fsp3) is 0.182. The highest BCUT2D eigenvalue weighted by Gasteiger charge is 2.38. The first-order chi connectivity index (χ1) is 16.1. The molecular weight excluding hydrogens is 489 g/mol. The summed E-state index contributed by atoms with van der Waals surface area (Å²) in [5, 5.41) is 32.5. The van der Waals surface area contributed by atoms with Gasteiger partial charge < -0.3 is 24.5 Å². The molecule has 0 radical (unpaired) electrons. The van der Waals surface area contributed by atoms with E-state index in [0.717, 1.165) is 6.07 Å². The molecule has 5 rings (SSSR count). The van der Waals surface area contributed by atoms with Crippen molar-refractivity contribution < 1.29 is 29.1 Å². The van der Waals surface area contributed by atoms with Crippen LogP contribution in [-0.2, 0) is 0 Å². The Labute approximate surface area is 200 Å². The van der Waals surface area contributed by atoms with Gasteiger partial charge in [0.05, 0.1) is 21.7 Å². The lowest BCUT2D eigenvalue weighted by Gasteiger charge is -2.16. The second kappa shape index (κ2) is 7.64. The zero-order valence-corrected chi connectivity index (χ0v) is 18.9. The number of alkyl halides is 1. The largest absolute Gasteiger partial charge is 0.506 e. The van der Waals surface area contributed by atoms with Gasteiger partial charge in [-0.05, 0) is 24.6 Å². The van der Waals surface area contributed by atoms with E-state index in [0.29, 0.717) is 11.3 Å². The highest BCUT2D eigenvalue weighted by molar-refractivity contribution is 6.31. The molecule has 2 aromatic heterocycles. The van der Waals surface area contributed by atoms with Crippen LogP contribution in [0.1, 0.15) is 38.1 Å². The number of hydrogen-bond donors (Lipinski definition) is 3. The van der Waals surface area contributed by atoms with E-state index in [4.69, 9.17) is 27.6 Å². The number of phenols is 1. The summed E-state index contributed by atoms with van der Waals surface area (Å²) in [5.41, 5.74) is 0.908. The number of fused-ring (bicyclic) bond motifs is 4. The normalized spacial score (nSPS) is 15.3. The molecule has 1 aliphatic heterocycles. The summed E-state index contributed by atoms with van der Waals surface area (Å²) in [7, 11) is 0. The molecule has 12 heteroatoms. The fourth-order valence-corrected chi connectivity index (χ4v) is 5.07. The SMILES string of the molecule is Cc1[nH]c2c(O)cc3c(c2c1C(=O)O)[C@H](CCl)CN3C(=O)c1cc2cc(Cl)cc([N+](=O)[O-])c2o1. The number of nitro groups is 1. The molecule has 0 aliphatic carbocycles. The van der Waals surface area contributed by atoms with Gasteiger partial charge in [-0.15, -0.1) is 11.6 Å². The van der Waals surface area contributed by atoms with E-state index < -0.39 is 22.7 Å². The number of rotatable bonds is 4. The summed E-state index contributed by atoms with van der Waals surface area (Å²) in [4.78, 5) is 40.4. The Morgan fingerprint density at radius 2 is 2.06 bits per heavy atom. The topological polar surface area (TPSA) is 150 Å². The van der Waals surface area contributed by atoms with Crippen LogP contribution in [0.5, 0.6) is 5.75 Å². The quantitative estimate of drug-likeness (QED) is 0.197. The second-order valence-corrected chi connectivity index (χ2v) is 8.73. The third-order valence-corrected chi connectivity index (χ3v) is 6.57. The van der Waals surface area contributed by atoms with Gasteiger partial charge in [-0.1, -0.05) is 11.6 Å². The Balaban J connectivity index is 1.70. The number of anilines is 1. The summed E-state index contributed by atoms with van der Waals surface area (Å²) in [6.45, 7) is 1.68. The van der Waals surface area contributed by atoms with E-state index in [1.54, 1.807) is 6.92 Å². The molecule has 3 N–H and O–H groups in total. The molecule has 0 unspecified atom stereocenters. The number of aromatic carboxylic acids is 1. The summed E-state index contributed by atoms with van der Waals surface area (Å²) in [5.74, 6) is -2.56. The van der Waals surface area contributed by atoms with Gasteiger partial charge in [0.25, 0.3) is 5.91 Å². The molecule has 0 saturated heterocycles. The van der Waals surface area contributed by atoms with Gasteiger partial charge in [0, 0.05) is 52.0 Å². The Bertz CT molecular complexity index is 1560. The van der Waals surface area contributed by atoms with Gasteiger partial charge in [0.15, 0.2) is 5.76 Å². The van der Waals surface area contributed by atoms with Gasteiger partial charge in [0.2, 0.25) is 5.58 Å². The fourth-order valence-electron chi connectivity index (χ4n) is 4.60. The molecule has 34 heavy (non-hydrogen) atoms. The van der Waals surface area contributed by atoms with Crippen LogP contribution in [0, 0.1) is 17.0 Å². The minimum atomic E-state index is -1.18. The molecule has 0 bridgehead atoms. The highest BCUT2D eigenvalue weighted by atomic mass is 35.5. The second-order valence-electron chi connectivity index (χ2n) is 7.99. The molecule has 0 saturated carbocycles. The van der Waals surface area contributed by atoms with E-state index in [1.165, 1.54) is 23.1 Å². The maximum Gasteiger partial charge on any atom is 0.338 e. The Hall–Kier alpha value is -3.76. The average Bonchev–Trinajstić information content (AvgIpc) is 3.45. The first-order valence-electron chi connectivity index (χ1n) is 9.99. The first kappa shape index (κ1) is 22.1. The Morgan fingerprint density at radius 1 is 1.32 bits per heavy atom. The van der Waals surface area contributed by atoms with Crippen molar-refractivity contribution >= 4 is 68.3 Å². The number of benzene rings is 2. The molecule has 1 aliphatic rings. The van der Waals surface area contributed by atoms with Crippen LogP contribution in [-0.4, -0.2) is 44.4 Å². The zero-order valence-electron chi connectivity index (χ0n) is 17.4. The number of furan rings is 1. The number of nitrogens with one attached hydrogen (secondary N) is 1. The number of non-ortho nitro benzene ring substituents is 1.